The van der Waals surface area contributed by atoms with Crippen molar-refractivity contribution in [3.05, 3.63) is 98.6 Å². The summed E-state index contributed by atoms with van der Waals surface area (Å²) in [7, 11) is -4.20. The Bertz CT molecular complexity index is 1610. The number of carbonyl (C=O) groups is 2. The lowest BCUT2D eigenvalue weighted by molar-refractivity contribution is -0.137. The molecule has 1 aliphatic rings. The molecule has 0 radical (unpaired) electrons. The summed E-state index contributed by atoms with van der Waals surface area (Å²) in [6, 6.07) is 10.1. The quantitative estimate of drug-likeness (QED) is 0.414. The Balaban J connectivity index is 1.47. The number of halogens is 3. The van der Waals surface area contributed by atoms with Crippen molar-refractivity contribution in [1.82, 2.24) is 14.5 Å². The van der Waals surface area contributed by atoms with Crippen molar-refractivity contribution in [3.63, 3.8) is 0 Å². The Morgan fingerprint density at radius 3 is 1.90 bits per heavy atom. The molecule has 0 aliphatic carbocycles. The Kier molecular flexibility index (Phi) is 8.84. The number of nitrogens with one attached hydrogen (secondary N) is 1. The van der Waals surface area contributed by atoms with Crippen LogP contribution >= 0.6 is 0 Å². The third-order valence-corrected chi connectivity index (χ3v) is 10.2. The van der Waals surface area contributed by atoms with Crippen molar-refractivity contribution in [2.24, 2.45) is 0 Å². The van der Waals surface area contributed by atoms with E-state index in [-0.39, 0.29) is 37.3 Å². The summed E-state index contributed by atoms with van der Waals surface area (Å²) in [6.45, 7) is 10.4. The van der Waals surface area contributed by atoms with E-state index in [2.05, 4.69) is 26.1 Å². The Labute approximate surface area is 244 Å². The summed E-state index contributed by atoms with van der Waals surface area (Å²) >= 11 is 0. The number of piperazine rings is 1. The van der Waals surface area contributed by atoms with E-state index < -0.39 is 38.5 Å². The van der Waals surface area contributed by atoms with Crippen LogP contribution < -0.4 is 5.32 Å². The van der Waals surface area contributed by atoms with E-state index >= 15 is 0 Å². The smallest absolute Gasteiger partial charge is 0.348 e. The van der Waals surface area contributed by atoms with E-state index in [1.807, 2.05) is 13.8 Å². The standard InChI is InChI=1S/C31H34F3N3O4S/c1-19-20(2)22(4)28(23(5)21(19)3)18-35-29(38)26-11-6-7-12-27(26)30(39)36-13-15-37(16-14-36)42(40,41)25-10-8-9-24(17-25)31(32,33)34/h6-12,17H,13-16,18H2,1-5H3,(H,35,38). The summed E-state index contributed by atoms with van der Waals surface area (Å²) in [5.41, 5.74) is 6.16. The zero-order valence-corrected chi connectivity index (χ0v) is 25.0. The van der Waals surface area contributed by atoms with E-state index in [1.165, 1.54) is 21.6 Å². The number of hydrogen-bond acceptors (Lipinski definition) is 4. The van der Waals surface area contributed by atoms with Crippen LogP contribution in [-0.2, 0) is 22.7 Å². The predicted octanol–water partition coefficient (Wildman–Crippen LogP) is 5.32. The summed E-state index contributed by atoms with van der Waals surface area (Å²) in [6.07, 6.45) is -4.67. The first-order chi connectivity index (χ1) is 19.6. The first-order valence-electron chi connectivity index (χ1n) is 13.5. The molecule has 224 valence electrons. The summed E-state index contributed by atoms with van der Waals surface area (Å²) in [4.78, 5) is 27.7. The molecule has 2 amide bonds. The zero-order chi connectivity index (χ0) is 31.0. The molecule has 0 bridgehead atoms. The van der Waals surface area contributed by atoms with E-state index in [4.69, 9.17) is 0 Å². The van der Waals surface area contributed by atoms with E-state index in [0.717, 1.165) is 39.2 Å². The topological polar surface area (TPSA) is 86.8 Å². The predicted molar refractivity (Wildman–Crippen MR) is 154 cm³/mol. The minimum atomic E-state index is -4.67. The number of amides is 2. The highest BCUT2D eigenvalue weighted by atomic mass is 32.2. The highest BCUT2D eigenvalue weighted by Crippen LogP contribution is 2.31. The van der Waals surface area contributed by atoms with Crippen molar-refractivity contribution in [3.8, 4) is 0 Å². The van der Waals surface area contributed by atoms with Gasteiger partial charge in [-0.15, -0.1) is 0 Å². The summed E-state index contributed by atoms with van der Waals surface area (Å²) in [5.74, 6) is -0.828. The molecular weight excluding hydrogens is 567 g/mol. The number of rotatable bonds is 6. The number of alkyl halides is 3. The molecular formula is C31H34F3N3O4S. The van der Waals surface area contributed by atoms with Gasteiger partial charge in [0.25, 0.3) is 11.8 Å². The Morgan fingerprint density at radius 2 is 1.33 bits per heavy atom. The average Bonchev–Trinajstić information content (AvgIpc) is 2.98. The lowest BCUT2D eigenvalue weighted by Gasteiger charge is -2.34. The fourth-order valence-corrected chi connectivity index (χ4v) is 6.73. The molecule has 0 saturated carbocycles. The molecule has 1 saturated heterocycles. The van der Waals surface area contributed by atoms with Crippen molar-refractivity contribution < 1.29 is 31.2 Å². The number of carbonyl (C=O) groups excluding carboxylic acids is 2. The van der Waals surface area contributed by atoms with Crippen LogP contribution in [0.5, 0.6) is 0 Å². The Hall–Kier alpha value is -3.70. The fraction of sp³-hybridized carbons (Fsp3) is 0.355. The summed E-state index contributed by atoms with van der Waals surface area (Å²) in [5, 5.41) is 2.95. The number of benzene rings is 3. The normalized spacial score (nSPS) is 14.6. The van der Waals surface area contributed by atoms with Gasteiger partial charge in [0.2, 0.25) is 10.0 Å². The molecule has 42 heavy (non-hydrogen) atoms. The molecule has 0 unspecified atom stereocenters. The van der Waals surface area contributed by atoms with Gasteiger partial charge in [-0.1, -0.05) is 18.2 Å². The van der Waals surface area contributed by atoms with Gasteiger partial charge >= 0.3 is 6.18 Å². The molecule has 3 aromatic carbocycles. The van der Waals surface area contributed by atoms with Crippen LogP contribution in [-0.4, -0.2) is 55.6 Å². The molecule has 7 nitrogen and oxygen atoms in total. The third kappa shape index (κ3) is 6.07. The van der Waals surface area contributed by atoms with Crippen molar-refractivity contribution in [2.75, 3.05) is 26.2 Å². The molecule has 4 rings (SSSR count). The largest absolute Gasteiger partial charge is 0.416 e. The summed E-state index contributed by atoms with van der Waals surface area (Å²) < 4.78 is 66.6. The van der Waals surface area contributed by atoms with E-state index in [0.29, 0.717) is 12.6 Å². The molecule has 3 aromatic rings. The molecule has 1 aliphatic heterocycles. The second-order valence-corrected chi connectivity index (χ2v) is 12.5. The van der Waals surface area contributed by atoms with Crippen LogP contribution in [0.15, 0.2) is 53.4 Å². The van der Waals surface area contributed by atoms with Crippen molar-refractivity contribution in [2.45, 2.75) is 52.2 Å². The van der Waals surface area contributed by atoms with Gasteiger partial charge in [0.1, 0.15) is 0 Å². The minimum Gasteiger partial charge on any atom is -0.348 e. The maximum atomic E-state index is 13.5. The van der Waals surface area contributed by atoms with Crippen LogP contribution in [0.2, 0.25) is 0 Å². The van der Waals surface area contributed by atoms with Crippen LogP contribution in [0.1, 0.15) is 59.7 Å². The second-order valence-electron chi connectivity index (χ2n) is 10.6. The van der Waals surface area contributed by atoms with Gasteiger partial charge < -0.3 is 10.2 Å². The highest BCUT2D eigenvalue weighted by Gasteiger charge is 2.35. The van der Waals surface area contributed by atoms with E-state index in [9.17, 15) is 31.2 Å². The first-order valence-corrected chi connectivity index (χ1v) is 15.0. The molecule has 0 aromatic heterocycles. The number of nitrogens with zero attached hydrogens (tertiary/aromatic N) is 2. The van der Waals surface area contributed by atoms with Crippen LogP contribution in [0, 0.1) is 34.6 Å². The SMILES string of the molecule is Cc1c(C)c(C)c(CNC(=O)c2ccccc2C(=O)N2CCN(S(=O)(=O)c3cccc(C(F)(F)F)c3)CC2)c(C)c1C. The lowest BCUT2D eigenvalue weighted by Crippen LogP contribution is -2.50. The first kappa shape index (κ1) is 31.2. The van der Waals surface area contributed by atoms with Crippen molar-refractivity contribution >= 4 is 21.8 Å². The zero-order valence-electron chi connectivity index (χ0n) is 24.2. The maximum Gasteiger partial charge on any atom is 0.416 e. The van der Waals surface area contributed by atoms with Gasteiger partial charge in [-0.05, 0) is 98.3 Å². The lowest BCUT2D eigenvalue weighted by atomic mass is 9.89. The Morgan fingerprint density at radius 1 is 0.786 bits per heavy atom. The highest BCUT2D eigenvalue weighted by molar-refractivity contribution is 7.89. The van der Waals surface area contributed by atoms with Gasteiger partial charge in [0.05, 0.1) is 21.6 Å². The van der Waals surface area contributed by atoms with Gasteiger partial charge in [-0.25, -0.2) is 8.42 Å². The van der Waals surface area contributed by atoms with Gasteiger partial charge in [0.15, 0.2) is 0 Å². The van der Waals surface area contributed by atoms with Gasteiger partial charge in [-0.2, -0.15) is 17.5 Å². The molecule has 0 atom stereocenters. The molecule has 11 heteroatoms. The average molecular weight is 602 g/mol. The minimum absolute atomic E-state index is 0.0211. The molecule has 0 spiro atoms. The van der Waals surface area contributed by atoms with Crippen LogP contribution in [0.25, 0.3) is 0 Å². The molecule has 1 fully saturated rings. The monoisotopic (exact) mass is 601 g/mol. The van der Waals surface area contributed by atoms with Crippen molar-refractivity contribution in [1.29, 1.82) is 0 Å². The number of hydrogen-bond donors (Lipinski definition) is 1. The molecule has 1 N–H and O–H groups in total. The second kappa shape index (κ2) is 11.9. The van der Waals surface area contributed by atoms with Crippen LogP contribution in [0.3, 0.4) is 0 Å². The fourth-order valence-electron chi connectivity index (χ4n) is 5.26. The van der Waals surface area contributed by atoms with E-state index in [1.54, 1.807) is 24.3 Å². The van der Waals surface area contributed by atoms with Gasteiger partial charge in [-0.3, -0.25) is 9.59 Å². The van der Waals surface area contributed by atoms with Crippen LogP contribution in [0.4, 0.5) is 13.2 Å². The number of sulfonamides is 1. The maximum absolute atomic E-state index is 13.5. The molecule has 1 heterocycles. The third-order valence-electron chi connectivity index (χ3n) is 8.31. The van der Waals surface area contributed by atoms with Gasteiger partial charge in [0, 0.05) is 32.7 Å².